The van der Waals surface area contributed by atoms with E-state index in [1.54, 1.807) is 6.20 Å². The highest BCUT2D eigenvalue weighted by molar-refractivity contribution is 5.36. The van der Waals surface area contributed by atoms with Crippen molar-refractivity contribution in [2.45, 2.75) is 64.8 Å². The summed E-state index contributed by atoms with van der Waals surface area (Å²) in [5.41, 5.74) is 6.86. The molecule has 0 aliphatic heterocycles. The number of rotatable bonds is 1. The molecular weight excluding hydrogens is 270 g/mol. The van der Waals surface area contributed by atoms with E-state index in [9.17, 15) is 8.78 Å². The molecule has 2 aliphatic rings. The molecule has 2 N–H and O–H groups in total. The lowest BCUT2D eigenvalue weighted by Gasteiger charge is -2.51. The zero-order valence-electron chi connectivity index (χ0n) is 13.0. The largest absolute Gasteiger partial charge is 0.324 e. The van der Waals surface area contributed by atoms with E-state index < -0.39 is 11.3 Å². The highest BCUT2D eigenvalue weighted by atomic mass is 19.3. The number of pyridine rings is 1. The highest BCUT2D eigenvalue weighted by Gasteiger charge is 2.62. The van der Waals surface area contributed by atoms with Crippen LogP contribution in [0.1, 0.15) is 69.3 Å². The molecule has 0 aromatic carbocycles. The smallest absolute Gasteiger partial charge is 0.295 e. The number of halogens is 2. The normalized spacial score (nSPS) is 26.3. The SMILES string of the molecule is CC(C)(C)Cc1cnc2c(c1)[C@@H](N)CC1(CCC1)C2(F)F. The molecule has 0 amide bonds. The minimum atomic E-state index is -2.84. The van der Waals surface area contributed by atoms with Crippen LogP contribution in [0.25, 0.3) is 0 Å². The Labute approximate surface area is 125 Å². The van der Waals surface area contributed by atoms with E-state index in [-0.39, 0.29) is 17.2 Å². The summed E-state index contributed by atoms with van der Waals surface area (Å²) in [4.78, 5) is 4.15. The Balaban J connectivity index is 2.01. The van der Waals surface area contributed by atoms with Crippen LogP contribution in [0.2, 0.25) is 0 Å². The lowest BCUT2D eigenvalue weighted by molar-refractivity contribution is -0.187. The minimum Gasteiger partial charge on any atom is -0.324 e. The molecule has 0 unspecified atom stereocenters. The average Bonchev–Trinajstić information content (AvgIpc) is 2.29. The zero-order valence-corrected chi connectivity index (χ0v) is 13.0. The summed E-state index contributed by atoms with van der Waals surface area (Å²) in [7, 11) is 0. The van der Waals surface area contributed by atoms with Gasteiger partial charge in [0.05, 0.1) is 0 Å². The summed E-state index contributed by atoms with van der Waals surface area (Å²) in [5, 5.41) is 0. The molecule has 3 rings (SSSR count). The Hall–Kier alpha value is -1.03. The Bertz CT molecular complexity index is 556. The quantitative estimate of drug-likeness (QED) is 0.837. The van der Waals surface area contributed by atoms with E-state index in [1.165, 1.54) is 0 Å². The van der Waals surface area contributed by atoms with Gasteiger partial charge in [0.2, 0.25) is 0 Å². The predicted molar refractivity (Wildman–Crippen MR) is 79.1 cm³/mol. The van der Waals surface area contributed by atoms with Crippen molar-refractivity contribution in [2.24, 2.45) is 16.6 Å². The molecule has 4 heteroatoms. The van der Waals surface area contributed by atoms with Crippen molar-refractivity contribution < 1.29 is 8.78 Å². The highest BCUT2D eigenvalue weighted by Crippen LogP contribution is 2.63. The van der Waals surface area contributed by atoms with Gasteiger partial charge in [-0.25, -0.2) is 0 Å². The lowest BCUT2D eigenvalue weighted by Crippen LogP contribution is -2.50. The van der Waals surface area contributed by atoms with Crippen LogP contribution in [-0.2, 0) is 12.3 Å². The van der Waals surface area contributed by atoms with E-state index in [0.29, 0.717) is 24.8 Å². The molecule has 1 aromatic rings. The first-order valence-electron chi connectivity index (χ1n) is 7.77. The predicted octanol–water partition coefficient (Wildman–Crippen LogP) is 4.34. The van der Waals surface area contributed by atoms with Crippen LogP contribution in [0.5, 0.6) is 0 Å². The van der Waals surface area contributed by atoms with Crippen LogP contribution >= 0.6 is 0 Å². The fraction of sp³-hybridized carbons (Fsp3) is 0.706. The fourth-order valence-corrected chi connectivity index (χ4v) is 3.81. The topological polar surface area (TPSA) is 38.9 Å². The van der Waals surface area contributed by atoms with E-state index in [2.05, 4.69) is 25.8 Å². The minimum absolute atomic E-state index is 0.0707. The third-order valence-electron chi connectivity index (χ3n) is 4.99. The number of nitrogens with two attached hydrogens (primary N) is 1. The van der Waals surface area contributed by atoms with Gasteiger partial charge in [0.1, 0.15) is 5.69 Å². The molecule has 1 fully saturated rings. The van der Waals surface area contributed by atoms with Crippen molar-refractivity contribution >= 4 is 0 Å². The summed E-state index contributed by atoms with van der Waals surface area (Å²) >= 11 is 0. The molecular formula is C17H24F2N2. The van der Waals surface area contributed by atoms with Crippen LogP contribution in [0.15, 0.2) is 12.3 Å². The maximum Gasteiger partial charge on any atom is 0.295 e. The number of nitrogens with zero attached hydrogens (tertiary/aromatic N) is 1. The number of aromatic nitrogens is 1. The monoisotopic (exact) mass is 294 g/mol. The van der Waals surface area contributed by atoms with E-state index in [0.717, 1.165) is 18.4 Å². The molecule has 1 saturated carbocycles. The van der Waals surface area contributed by atoms with Crippen molar-refractivity contribution in [1.29, 1.82) is 0 Å². The van der Waals surface area contributed by atoms with Crippen LogP contribution in [0, 0.1) is 10.8 Å². The van der Waals surface area contributed by atoms with Gasteiger partial charge >= 0.3 is 0 Å². The Morgan fingerprint density at radius 3 is 2.52 bits per heavy atom. The zero-order chi connectivity index (χ0) is 15.5. The Kier molecular flexibility index (Phi) is 3.18. The summed E-state index contributed by atoms with van der Waals surface area (Å²) in [6.07, 6.45) is 4.82. The van der Waals surface area contributed by atoms with Gasteiger partial charge in [-0.2, -0.15) is 8.78 Å². The summed E-state index contributed by atoms with van der Waals surface area (Å²) in [6, 6.07) is 1.55. The van der Waals surface area contributed by atoms with Gasteiger partial charge in [0.25, 0.3) is 5.92 Å². The molecule has 0 bridgehead atoms. The van der Waals surface area contributed by atoms with Gasteiger partial charge in [-0.1, -0.05) is 33.3 Å². The molecule has 0 radical (unpaired) electrons. The molecule has 116 valence electrons. The van der Waals surface area contributed by atoms with Crippen molar-refractivity contribution in [2.75, 3.05) is 0 Å². The van der Waals surface area contributed by atoms with Crippen molar-refractivity contribution in [3.8, 4) is 0 Å². The molecule has 21 heavy (non-hydrogen) atoms. The molecule has 1 heterocycles. The standard InChI is InChI=1S/C17H24F2N2/c1-15(2,3)8-11-7-12-13(20)9-16(5-4-6-16)17(18,19)14(12)21-10-11/h7,10,13H,4-6,8-9,20H2,1-3H3/t13-/m0/s1. The molecule has 1 atom stereocenters. The molecule has 1 aromatic heterocycles. The van der Waals surface area contributed by atoms with Crippen molar-refractivity contribution in [3.63, 3.8) is 0 Å². The van der Waals surface area contributed by atoms with E-state index in [4.69, 9.17) is 5.73 Å². The van der Waals surface area contributed by atoms with Gasteiger partial charge in [-0.05, 0) is 42.2 Å². The van der Waals surface area contributed by atoms with Gasteiger partial charge in [-0.15, -0.1) is 0 Å². The Morgan fingerprint density at radius 2 is 2.00 bits per heavy atom. The molecule has 2 aliphatic carbocycles. The van der Waals surface area contributed by atoms with Crippen LogP contribution in [0.4, 0.5) is 8.78 Å². The second kappa shape index (κ2) is 4.48. The second-order valence-electron chi connectivity index (χ2n) is 8.04. The number of hydrogen-bond donors (Lipinski definition) is 1. The van der Waals surface area contributed by atoms with Gasteiger partial charge in [0.15, 0.2) is 0 Å². The van der Waals surface area contributed by atoms with Crippen molar-refractivity contribution in [3.05, 3.63) is 29.1 Å². The lowest BCUT2D eigenvalue weighted by atomic mass is 9.57. The van der Waals surface area contributed by atoms with Gasteiger partial charge in [-0.3, -0.25) is 4.98 Å². The maximum atomic E-state index is 14.8. The molecule has 1 spiro atoms. The van der Waals surface area contributed by atoms with Crippen LogP contribution in [0.3, 0.4) is 0 Å². The van der Waals surface area contributed by atoms with Crippen LogP contribution in [-0.4, -0.2) is 4.98 Å². The first-order valence-corrected chi connectivity index (χ1v) is 7.77. The first kappa shape index (κ1) is 14.9. The van der Waals surface area contributed by atoms with Gasteiger partial charge in [0, 0.05) is 17.7 Å². The molecule has 2 nitrogen and oxygen atoms in total. The maximum absolute atomic E-state index is 14.8. The van der Waals surface area contributed by atoms with E-state index in [1.807, 2.05) is 6.07 Å². The third-order valence-corrected chi connectivity index (χ3v) is 4.99. The number of alkyl halides is 2. The van der Waals surface area contributed by atoms with Gasteiger partial charge < -0.3 is 5.73 Å². The average molecular weight is 294 g/mol. The first-order chi connectivity index (χ1) is 9.65. The second-order valence-corrected chi connectivity index (χ2v) is 8.04. The number of fused-ring (bicyclic) bond motifs is 1. The van der Waals surface area contributed by atoms with Crippen molar-refractivity contribution in [1.82, 2.24) is 4.98 Å². The summed E-state index contributed by atoms with van der Waals surface area (Å²) in [5.74, 6) is -2.84. The Morgan fingerprint density at radius 1 is 1.33 bits per heavy atom. The number of hydrogen-bond acceptors (Lipinski definition) is 2. The summed E-state index contributed by atoms with van der Waals surface area (Å²) < 4.78 is 29.6. The third kappa shape index (κ3) is 2.28. The molecule has 0 saturated heterocycles. The van der Waals surface area contributed by atoms with Crippen LogP contribution < -0.4 is 5.73 Å². The van der Waals surface area contributed by atoms with E-state index >= 15 is 0 Å². The fourth-order valence-electron chi connectivity index (χ4n) is 3.81. The summed E-state index contributed by atoms with van der Waals surface area (Å²) in [6.45, 7) is 6.39.